The van der Waals surface area contributed by atoms with Crippen LogP contribution in [0.5, 0.6) is 0 Å². The molecular weight excluding hydrogens is 196 g/mol. The van der Waals surface area contributed by atoms with Gasteiger partial charge in [-0.2, -0.15) is 5.10 Å². The van der Waals surface area contributed by atoms with Gasteiger partial charge in [0.1, 0.15) is 5.82 Å². The van der Waals surface area contributed by atoms with E-state index in [2.05, 4.69) is 10.4 Å². The van der Waals surface area contributed by atoms with Crippen LogP contribution in [0, 0.1) is 0 Å². The van der Waals surface area contributed by atoms with Crippen molar-refractivity contribution in [2.75, 3.05) is 6.54 Å². The Morgan fingerprint density at radius 2 is 2.47 bits per heavy atom. The monoisotopic (exact) mass is 212 g/mol. The van der Waals surface area contributed by atoms with E-state index in [1.54, 1.807) is 11.5 Å². The molecule has 0 saturated heterocycles. The molecule has 1 aliphatic heterocycles. The van der Waals surface area contributed by atoms with Gasteiger partial charge >= 0.3 is 5.69 Å². The number of nitrogens with one attached hydrogen (secondary N) is 1. The minimum atomic E-state index is -0.395. The van der Waals surface area contributed by atoms with Gasteiger partial charge in [0.25, 0.3) is 0 Å². The van der Waals surface area contributed by atoms with Gasteiger partial charge in [-0.05, 0) is 13.3 Å². The fraction of sp³-hybridized carbons (Fsp3) is 0.778. The zero-order valence-electron chi connectivity index (χ0n) is 8.81. The fourth-order valence-corrected chi connectivity index (χ4v) is 1.69. The lowest BCUT2D eigenvalue weighted by Gasteiger charge is -2.11. The van der Waals surface area contributed by atoms with Crippen molar-refractivity contribution in [2.45, 2.75) is 39.1 Å². The van der Waals surface area contributed by atoms with Crippen LogP contribution < -0.4 is 11.0 Å². The summed E-state index contributed by atoms with van der Waals surface area (Å²) in [6.07, 6.45) is 0.165. The fourth-order valence-electron chi connectivity index (χ4n) is 1.69. The van der Waals surface area contributed by atoms with E-state index in [1.165, 1.54) is 4.68 Å². The highest BCUT2D eigenvalue weighted by Gasteiger charge is 2.15. The number of hydrogen-bond acceptors (Lipinski definition) is 4. The van der Waals surface area contributed by atoms with Crippen LogP contribution in [0.15, 0.2) is 4.79 Å². The molecule has 2 rings (SSSR count). The molecule has 0 fully saturated rings. The summed E-state index contributed by atoms with van der Waals surface area (Å²) in [7, 11) is 0. The third-order valence-electron chi connectivity index (χ3n) is 2.55. The maximum absolute atomic E-state index is 11.8. The first kappa shape index (κ1) is 10.4. The summed E-state index contributed by atoms with van der Waals surface area (Å²) >= 11 is 0. The molecule has 6 nitrogen and oxygen atoms in total. The minimum Gasteiger partial charge on any atom is -0.393 e. The molecule has 6 heteroatoms. The highest BCUT2D eigenvalue weighted by atomic mass is 16.3. The summed E-state index contributed by atoms with van der Waals surface area (Å²) in [6, 6.07) is 0. The predicted molar refractivity (Wildman–Crippen MR) is 54.5 cm³/mol. The van der Waals surface area contributed by atoms with Crippen LogP contribution in [0.4, 0.5) is 0 Å². The molecule has 0 aliphatic carbocycles. The molecule has 84 valence electrons. The summed E-state index contributed by atoms with van der Waals surface area (Å²) in [6.45, 7) is 4.34. The zero-order chi connectivity index (χ0) is 10.8. The lowest BCUT2D eigenvalue weighted by Crippen LogP contribution is -2.34. The van der Waals surface area contributed by atoms with E-state index in [4.69, 9.17) is 5.11 Å². The van der Waals surface area contributed by atoms with Crippen molar-refractivity contribution in [1.29, 1.82) is 0 Å². The van der Waals surface area contributed by atoms with E-state index >= 15 is 0 Å². The molecular formula is C9H16N4O2. The van der Waals surface area contributed by atoms with Crippen LogP contribution in [0.25, 0.3) is 0 Å². The van der Waals surface area contributed by atoms with Crippen LogP contribution in [-0.2, 0) is 19.6 Å². The Labute approximate surface area is 87.5 Å². The first-order valence-corrected chi connectivity index (χ1v) is 5.24. The Morgan fingerprint density at radius 1 is 1.67 bits per heavy atom. The number of nitrogens with zero attached hydrogens (tertiary/aromatic N) is 3. The summed E-state index contributed by atoms with van der Waals surface area (Å²) < 4.78 is 3.13. The number of aliphatic hydroxyl groups is 1. The molecule has 1 aliphatic rings. The quantitative estimate of drug-likeness (QED) is 0.668. The van der Waals surface area contributed by atoms with Gasteiger partial charge in [0.15, 0.2) is 0 Å². The van der Waals surface area contributed by atoms with Crippen molar-refractivity contribution in [2.24, 2.45) is 0 Å². The van der Waals surface area contributed by atoms with E-state index in [0.29, 0.717) is 26.1 Å². The van der Waals surface area contributed by atoms with E-state index in [1.807, 2.05) is 0 Å². The molecule has 0 aromatic carbocycles. The summed E-state index contributed by atoms with van der Waals surface area (Å²) in [4.78, 5) is 11.8. The molecule has 0 spiro atoms. The summed E-state index contributed by atoms with van der Waals surface area (Å²) in [5.41, 5.74) is -0.0628. The standard InChI is InChI=1S/C9H16N4O2/c1-7(14)2-4-13-9(15)12-5-3-10-6-8(12)11-13/h7,10,14H,2-6H2,1H3. The van der Waals surface area contributed by atoms with Crippen molar-refractivity contribution < 1.29 is 5.11 Å². The molecule has 0 amide bonds. The number of rotatable bonds is 3. The Hall–Kier alpha value is -1.14. The Kier molecular flexibility index (Phi) is 2.88. The van der Waals surface area contributed by atoms with E-state index in [0.717, 1.165) is 12.4 Å². The second kappa shape index (κ2) is 4.16. The molecule has 1 aromatic heterocycles. The van der Waals surface area contributed by atoms with Gasteiger partial charge in [-0.3, -0.25) is 4.57 Å². The van der Waals surface area contributed by atoms with Gasteiger partial charge in [0, 0.05) is 19.6 Å². The Balaban J connectivity index is 2.18. The second-order valence-corrected chi connectivity index (χ2v) is 3.89. The average molecular weight is 212 g/mol. The average Bonchev–Trinajstić information content (AvgIpc) is 2.54. The van der Waals surface area contributed by atoms with E-state index in [-0.39, 0.29) is 5.69 Å². The van der Waals surface area contributed by atoms with Gasteiger partial charge in [-0.25, -0.2) is 9.48 Å². The third kappa shape index (κ3) is 2.10. The zero-order valence-corrected chi connectivity index (χ0v) is 8.81. The normalized spacial score (nSPS) is 17.5. The predicted octanol–water partition coefficient (Wildman–Crippen LogP) is -1.08. The van der Waals surface area contributed by atoms with Gasteiger partial charge in [0.2, 0.25) is 0 Å². The first-order valence-electron chi connectivity index (χ1n) is 5.24. The molecule has 2 heterocycles. The number of hydrogen-bond donors (Lipinski definition) is 2. The van der Waals surface area contributed by atoms with Crippen molar-refractivity contribution in [3.05, 3.63) is 16.3 Å². The van der Waals surface area contributed by atoms with Gasteiger partial charge < -0.3 is 10.4 Å². The highest BCUT2D eigenvalue weighted by Crippen LogP contribution is 1.99. The van der Waals surface area contributed by atoms with Crippen LogP contribution in [0.3, 0.4) is 0 Å². The van der Waals surface area contributed by atoms with Crippen molar-refractivity contribution in [1.82, 2.24) is 19.7 Å². The highest BCUT2D eigenvalue weighted by molar-refractivity contribution is 4.90. The number of aryl methyl sites for hydroxylation is 1. The largest absolute Gasteiger partial charge is 0.393 e. The number of aromatic nitrogens is 3. The number of fused-ring (bicyclic) bond motifs is 1. The van der Waals surface area contributed by atoms with Gasteiger partial charge in [-0.1, -0.05) is 0 Å². The summed E-state index contributed by atoms with van der Waals surface area (Å²) in [5.74, 6) is 0.789. The molecule has 0 bridgehead atoms. The van der Waals surface area contributed by atoms with E-state index < -0.39 is 6.10 Å². The maximum Gasteiger partial charge on any atom is 0.345 e. The SMILES string of the molecule is CC(O)CCn1nc2n(c1=O)CCNC2. The Morgan fingerprint density at radius 3 is 3.13 bits per heavy atom. The minimum absolute atomic E-state index is 0.0628. The number of aliphatic hydroxyl groups excluding tert-OH is 1. The second-order valence-electron chi connectivity index (χ2n) is 3.89. The van der Waals surface area contributed by atoms with Crippen molar-refractivity contribution >= 4 is 0 Å². The van der Waals surface area contributed by atoms with Crippen LogP contribution >= 0.6 is 0 Å². The van der Waals surface area contributed by atoms with Crippen LogP contribution in [0.1, 0.15) is 19.2 Å². The summed E-state index contributed by atoms with van der Waals surface area (Å²) in [5, 5.41) is 16.5. The lowest BCUT2D eigenvalue weighted by atomic mass is 10.3. The van der Waals surface area contributed by atoms with Crippen LogP contribution in [0.2, 0.25) is 0 Å². The molecule has 0 radical (unpaired) electrons. The van der Waals surface area contributed by atoms with Crippen LogP contribution in [-0.4, -0.2) is 32.1 Å². The maximum atomic E-state index is 11.8. The van der Waals surface area contributed by atoms with Gasteiger partial charge in [0.05, 0.1) is 12.6 Å². The molecule has 2 N–H and O–H groups in total. The first-order chi connectivity index (χ1) is 7.18. The Bertz CT molecular complexity index is 393. The molecule has 15 heavy (non-hydrogen) atoms. The molecule has 1 atom stereocenters. The smallest absolute Gasteiger partial charge is 0.345 e. The lowest BCUT2D eigenvalue weighted by molar-refractivity contribution is 0.175. The van der Waals surface area contributed by atoms with Crippen molar-refractivity contribution in [3.8, 4) is 0 Å². The molecule has 1 unspecified atom stereocenters. The molecule has 0 saturated carbocycles. The third-order valence-corrected chi connectivity index (χ3v) is 2.55. The van der Waals surface area contributed by atoms with E-state index in [9.17, 15) is 4.79 Å². The topological polar surface area (TPSA) is 72.1 Å². The van der Waals surface area contributed by atoms with Crippen molar-refractivity contribution in [3.63, 3.8) is 0 Å². The van der Waals surface area contributed by atoms with Gasteiger partial charge in [-0.15, -0.1) is 0 Å². The molecule has 1 aromatic rings.